The van der Waals surface area contributed by atoms with Gasteiger partial charge in [0.05, 0.1) is 13.2 Å². The summed E-state index contributed by atoms with van der Waals surface area (Å²) in [4.78, 5) is 2.62. The number of hydrogen-bond donors (Lipinski definition) is 0. The Hall–Kier alpha value is -2.74. The van der Waals surface area contributed by atoms with Crippen molar-refractivity contribution in [1.82, 2.24) is 0 Å². The molecule has 26 heavy (non-hydrogen) atoms. The van der Waals surface area contributed by atoms with Crippen molar-refractivity contribution in [3.05, 3.63) is 96.1 Å². The van der Waals surface area contributed by atoms with Gasteiger partial charge in [-0.25, -0.2) is 0 Å². The molecule has 2 nitrogen and oxygen atoms in total. The van der Waals surface area contributed by atoms with E-state index in [-0.39, 0.29) is 0 Å². The topological polar surface area (TPSA) is 12.5 Å². The van der Waals surface area contributed by atoms with E-state index in [0.717, 1.165) is 12.2 Å². The van der Waals surface area contributed by atoms with E-state index in [2.05, 4.69) is 89.8 Å². The molecule has 0 bridgehead atoms. The molecule has 1 fully saturated rings. The largest absolute Gasteiger partial charge is 0.497 e. The normalized spacial score (nSPS) is 19.5. The van der Waals surface area contributed by atoms with Gasteiger partial charge in [0.15, 0.2) is 0 Å². The maximum Gasteiger partial charge on any atom is 0.118 e. The van der Waals surface area contributed by atoms with Crippen molar-refractivity contribution in [2.75, 3.05) is 12.0 Å². The van der Waals surface area contributed by atoms with Crippen molar-refractivity contribution < 1.29 is 4.74 Å². The maximum absolute atomic E-state index is 5.29. The van der Waals surface area contributed by atoms with E-state index in [1.807, 2.05) is 0 Å². The molecule has 0 amide bonds. The lowest BCUT2D eigenvalue weighted by Crippen LogP contribution is -2.33. The summed E-state index contributed by atoms with van der Waals surface area (Å²) in [7, 11) is 1.72. The fourth-order valence-corrected chi connectivity index (χ4v) is 4.11. The summed E-state index contributed by atoms with van der Waals surface area (Å²) in [5.74, 6) is 0.919. The highest BCUT2D eigenvalue weighted by atomic mass is 16.5. The average Bonchev–Trinajstić information content (AvgIpc) is 3.13. The van der Waals surface area contributed by atoms with Crippen molar-refractivity contribution in [3.8, 4) is 5.75 Å². The third-order valence-electron chi connectivity index (χ3n) is 5.37. The molecule has 2 heteroatoms. The summed E-state index contributed by atoms with van der Waals surface area (Å²) in [6.45, 7) is 0. The number of ether oxygens (including phenoxy) is 1. The summed E-state index contributed by atoms with van der Waals surface area (Å²) in [6, 6.07) is 31.2. The minimum Gasteiger partial charge on any atom is -0.497 e. The molecule has 1 heterocycles. The second-order valence-corrected chi connectivity index (χ2v) is 6.95. The lowest BCUT2D eigenvalue weighted by atomic mass is 10.0. The molecule has 3 aromatic carbocycles. The number of para-hydroxylation sites is 1. The summed E-state index contributed by atoms with van der Waals surface area (Å²) in [5.41, 5.74) is 4.09. The zero-order valence-corrected chi connectivity index (χ0v) is 15.2. The van der Waals surface area contributed by atoms with E-state index >= 15 is 0 Å². The Morgan fingerprint density at radius 3 is 2.12 bits per heavy atom. The van der Waals surface area contributed by atoms with Crippen molar-refractivity contribution in [1.29, 1.82) is 0 Å². The Kier molecular flexibility index (Phi) is 4.92. The zero-order valence-electron chi connectivity index (χ0n) is 15.2. The van der Waals surface area contributed by atoms with Gasteiger partial charge in [0.2, 0.25) is 0 Å². The fraction of sp³-hybridized carbons (Fsp3) is 0.250. The number of methoxy groups -OCH3 is 1. The van der Waals surface area contributed by atoms with E-state index in [4.69, 9.17) is 4.74 Å². The highest BCUT2D eigenvalue weighted by Gasteiger charge is 2.34. The molecular formula is C24H25NO. The summed E-state index contributed by atoms with van der Waals surface area (Å²) in [5, 5.41) is 0. The van der Waals surface area contributed by atoms with Crippen LogP contribution >= 0.6 is 0 Å². The van der Waals surface area contributed by atoms with Crippen LogP contribution in [0.2, 0.25) is 0 Å². The SMILES string of the molecule is COc1ccc(C[C@H]2CC[C@@H](c3ccccc3)N2c2ccccc2)cc1. The van der Waals surface area contributed by atoms with Crippen LogP contribution in [-0.4, -0.2) is 13.2 Å². The van der Waals surface area contributed by atoms with Gasteiger partial charge in [-0.15, -0.1) is 0 Å². The standard InChI is InChI=1S/C24H25NO/c1-26-23-15-12-19(13-16-23)18-22-14-17-24(20-8-4-2-5-9-20)25(22)21-10-6-3-7-11-21/h2-13,15-16,22,24H,14,17-18H2,1H3/t22-,24+/m1/s1. The van der Waals surface area contributed by atoms with Gasteiger partial charge in [-0.3, -0.25) is 0 Å². The second-order valence-electron chi connectivity index (χ2n) is 6.95. The van der Waals surface area contributed by atoms with E-state index < -0.39 is 0 Å². The molecule has 1 aliphatic heterocycles. The summed E-state index contributed by atoms with van der Waals surface area (Å²) < 4.78 is 5.29. The molecule has 0 N–H and O–H groups in total. The summed E-state index contributed by atoms with van der Waals surface area (Å²) in [6.07, 6.45) is 3.46. The van der Waals surface area contributed by atoms with Gasteiger partial charge in [0.25, 0.3) is 0 Å². The first-order chi connectivity index (χ1) is 12.8. The third-order valence-corrected chi connectivity index (χ3v) is 5.37. The number of anilines is 1. The van der Waals surface area contributed by atoms with Crippen LogP contribution < -0.4 is 9.64 Å². The van der Waals surface area contributed by atoms with E-state index in [9.17, 15) is 0 Å². The molecule has 1 aliphatic rings. The van der Waals surface area contributed by atoms with Gasteiger partial charge in [-0.1, -0.05) is 60.7 Å². The first kappa shape index (κ1) is 16.7. The highest BCUT2D eigenvalue weighted by molar-refractivity contribution is 5.52. The number of nitrogens with zero attached hydrogens (tertiary/aromatic N) is 1. The predicted molar refractivity (Wildman–Crippen MR) is 108 cm³/mol. The highest BCUT2D eigenvalue weighted by Crippen LogP contribution is 2.40. The van der Waals surface area contributed by atoms with Crippen LogP contribution in [0.3, 0.4) is 0 Å². The van der Waals surface area contributed by atoms with Gasteiger partial charge >= 0.3 is 0 Å². The Labute approximate surface area is 156 Å². The van der Waals surface area contributed by atoms with Crippen LogP contribution in [0.4, 0.5) is 5.69 Å². The first-order valence-electron chi connectivity index (χ1n) is 9.36. The van der Waals surface area contributed by atoms with E-state index in [0.29, 0.717) is 12.1 Å². The minimum absolute atomic E-state index is 0.446. The van der Waals surface area contributed by atoms with Gasteiger partial charge < -0.3 is 9.64 Å². The monoisotopic (exact) mass is 343 g/mol. The number of rotatable bonds is 5. The van der Waals surface area contributed by atoms with Gasteiger partial charge in [0.1, 0.15) is 5.75 Å². The van der Waals surface area contributed by atoms with Gasteiger partial charge in [0, 0.05) is 11.7 Å². The Morgan fingerprint density at radius 2 is 1.46 bits per heavy atom. The fourth-order valence-electron chi connectivity index (χ4n) is 4.11. The van der Waals surface area contributed by atoms with E-state index in [1.165, 1.54) is 29.7 Å². The molecule has 1 saturated heterocycles. The van der Waals surface area contributed by atoms with Crippen LogP contribution in [0.15, 0.2) is 84.9 Å². The molecule has 0 aromatic heterocycles. The number of hydrogen-bond acceptors (Lipinski definition) is 2. The first-order valence-corrected chi connectivity index (χ1v) is 9.36. The molecule has 3 aromatic rings. The Morgan fingerprint density at radius 1 is 0.808 bits per heavy atom. The Bertz CT molecular complexity index is 814. The van der Waals surface area contributed by atoms with Crippen molar-refractivity contribution in [2.24, 2.45) is 0 Å². The maximum atomic E-state index is 5.29. The Balaban J connectivity index is 1.62. The average molecular weight is 343 g/mol. The lowest BCUT2D eigenvalue weighted by Gasteiger charge is -2.33. The van der Waals surface area contributed by atoms with Gasteiger partial charge in [-0.05, 0) is 54.7 Å². The molecule has 0 spiro atoms. The molecule has 0 aliphatic carbocycles. The van der Waals surface area contributed by atoms with Crippen LogP contribution in [0.25, 0.3) is 0 Å². The van der Waals surface area contributed by atoms with E-state index in [1.54, 1.807) is 7.11 Å². The minimum atomic E-state index is 0.446. The smallest absolute Gasteiger partial charge is 0.118 e. The van der Waals surface area contributed by atoms with Crippen LogP contribution in [-0.2, 0) is 6.42 Å². The molecule has 132 valence electrons. The molecule has 4 rings (SSSR count). The lowest BCUT2D eigenvalue weighted by molar-refractivity contribution is 0.414. The number of benzene rings is 3. The molecular weight excluding hydrogens is 318 g/mol. The van der Waals surface area contributed by atoms with Crippen LogP contribution in [0.1, 0.15) is 30.0 Å². The second kappa shape index (κ2) is 7.65. The van der Waals surface area contributed by atoms with Crippen LogP contribution in [0, 0.1) is 0 Å². The molecule has 0 unspecified atom stereocenters. The summed E-state index contributed by atoms with van der Waals surface area (Å²) >= 11 is 0. The zero-order chi connectivity index (χ0) is 17.8. The molecule has 0 radical (unpaired) electrons. The predicted octanol–water partition coefficient (Wildman–Crippen LogP) is 5.65. The third kappa shape index (κ3) is 3.45. The quantitative estimate of drug-likeness (QED) is 0.594. The van der Waals surface area contributed by atoms with Gasteiger partial charge in [-0.2, -0.15) is 0 Å². The van der Waals surface area contributed by atoms with Crippen molar-refractivity contribution >= 4 is 5.69 Å². The molecule has 2 atom stereocenters. The van der Waals surface area contributed by atoms with Crippen molar-refractivity contribution in [2.45, 2.75) is 31.3 Å². The molecule has 0 saturated carbocycles. The van der Waals surface area contributed by atoms with Crippen molar-refractivity contribution in [3.63, 3.8) is 0 Å². The van der Waals surface area contributed by atoms with Crippen LogP contribution in [0.5, 0.6) is 5.75 Å².